The summed E-state index contributed by atoms with van der Waals surface area (Å²) in [5.41, 5.74) is 2.29. The number of fused-ring (bicyclic) bond motifs is 1. The van der Waals surface area contributed by atoms with E-state index in [0.717, 1.165) is 10.5 Å². The van der Waals surface area contributed by atoms with Crippen LogP contribution in [0.4, 0.5) is 0 Å². The Morgan fingerprint density at radius 2 is 1.77 bits per heavy atom. The lowest BCUT2D eigenvalue weighted by Gasteiger charge is -2.29. The Morgan fingerprint density at radius 1 is 1.14 bits per heavy atom. The van der Waals surface area contributed by atoms with Crippen molar-refractivity contribution in [2.75, 3.05) is 0 Å². The van der Waals surface area contributed by atoms with Gasteiger partial charge in [0.05, 0.1) is 11.1 Å². The van der Waals surface area contributed by atoms with E-state index in [2.05, 4.69) is 11.9 Å². The number of benzene rings is 1. The molecule has 3 amide bonds. The molecule has 116 valence electrons. The number of imide groups is 1. The Kier molecular flexibility index (Phi) is 4.45. The maximum atomic E-state index is 12.4. The zero-order valence-corrected chi connectivity index (χ0v) is 13.1. The molecule has 5 nitrogen and oxygen atoms in total. The number of allylic oxidation sites excluding steroid dienone is 1. The van der Waals surface area contributed by atoms with Gasteiger partial charge in [-0.1, -0.05) is 32.1 Å². The smallest absolute Gasteiger partial charge is 0.262 e. The molecule has 0 saturated carbocycles. The van der Waals surface area contributed by atoms with Gasteiger partial charge in [0.1, 0.15) is 6.04 Å². The molecule has 22 heavy (non-hydrogen) atoms. The van der Waals surface area contributed by atoms with Gasteiger partial charge in [-0.2, -0.15) is 0 Å². The number of nitrogens with zero attached hydrogens (tertiary/aromatic N) is 1. The number of aryl methyl sites for hydroxylation is 1. The van der Waals surface area contributed by atoms with Crippen molar-refractivity contribution >= 4 is 17.7 Å². The van der Waals surface area contributed by atoms with Crippen LogP contribution in [0.2, 0.25) is 0 Å². The van der Waals surface area contributed by atoms with Crippen LogP contribution in [-0.4, -0.2) is 28.7 Å². The molecule has 1 aromatic rings. The van der Waals surface area contributed by atoms with Gasteiger partial charge in [0.2, 0.25) is 5.91 Å². The lowest BCUT2D eigenvalue weighted by atomic mass is 10.0. The molecule has 0 radical (unpaired) electrons. The molecule has 1 atom stereocenters. The summed E-state index contributed by atoms with van der Waals surface area (Å²) < 4.78 is 0. The van der Waals surface area contributed by atoms with Crippen LogP contribution in [-0.2, 0) is 4.79 Å². The highest BCUT2D eigenvalue weighted by Crippen LogP contribution is 2.28. The second-order valence-electron chi connectivity index (χ2n) is 5.18. The minimum absolute atomic E-state index is 0.340. The van der Waals surface area contributed by atoms with E-state index in [0.29, 0.717) is 29.7 Å². The molecule has 1 unspecified atom stereocenters. The molecule has 0 spiro atoms. The van der Waals surface area contributed by atoms with Crippen LogP contribution in [0.25, 0.3) is 0 Å². The average molecular weight is 300 g/mol. The fourth-order valence-electron chi connectivity index (χ4n) is 2.66. The Balaban J connectivity index is 0.000000847. The molecule has 1 aromatic carbocycles. The Morgan fingerprint density at radius 3 is 2.41 bits per heavy atom. The highest BCUT2D eigenvalue weighted by Gasteiger charge is 2.43. The predicted molar refractivity (Wildman–Crippen MR) is 83.3 cm³/mol. The van der Waals surface area contributed by atoms with Crippen molar-refractivity contribution < 1.29 is 14.4 Å². The molecule has 2 aliphatic rings. The van der Waals surface area contributed by atoms with Crippen molar-refractivity contribution in [3.05, 3.63) is 47.2 Å². The molecule has 5 heteroatoms. The van der Waals surface area contributed by atoms with Gasteiger partial charge < -0.3 is 5.32 Å². The quantitative estimate of drug-likeness (QED) is 0.810. The number of carbonyl (C=O) groups excluding carboxylic acids is 3. The van der Waals surface area contributed by atoms with Crippen LogP contribution in [0.5, 0.6) is 0 Å². The number of carbonyl (C=O) groups is 3. The van der Waals surface area contributed by atoms with Crippen LogP contribution < -0.4 is 5.32 Å². The maximum absolute atomic E-state index is 12.4. The molecule has 2 aliphatic heterocycles. The van der Waals surface area contributed by atoms with Gasteiger partial charge >= 0.3 is 0 Å². The summed E-state index contributed by atoms with van der Waals surface area (Å²) in [4.78, 5) is 37.8. The number of hydrogen-bond donors (Lipinski definition) is 1. The first-order chi connectivity index (χ1) is 10.5. The fraction of sp³-hybridized carbons (Fsp3) is 0.353. The Hall–Kier alpha value is -2.43. The van der Waals surface area contributed by atoms with Gasteiger partial charge in [0, 0.05) is 5.70 Å². The summed E-state index contributed by atoms with van der Waals surface area (Å²) in [5, 5.41) is 2.61. The topological polar surface area (TPSA) is 66.5 Å². The van der Waals surface area contributed by atoms with Crippen LogP contribution in [0, 0.1) is 6.92 Å². The number of rotatable bonds is 1. The SMILES string of the molecule is C=C1CCC(N2C(=O)c3ccc(C)cc3C2=O)C(=O)N1.CC. The first-order valence-corrected chi connectivity index (χ1v) is 7.46. The van der Waals surface area contributed by atoms with Crippen LogP contribution in [0.1, 0.15) is 53.0 Å². The minimum atomic E-state index is -0.742. The van der Waals surface area contributed by atoms with Crippen molar-refractivity contribution in [1.29, 1.82) is 0 Å². The van der Waals surface area contributed by atoms with Crippen molar-refractivity contribution in [2.24, 2.45) is 0 Å². The molecule has 0 aromatic heterocycles. The summed E-state index contributed by atoms with van der Waals surface area (Å²) in [7, 11) is 0. The molecule has 2 heterocycles. The van der Waals surface area contributed by atoms with E-state index in [9.17, 15) is 14.4 Å². The summed E-state index contributed by atoms with van der Waals surface area (Å²) in [6.45, 7) is 9.55. The van der Waals surface area contributed by atoms with Gasteiger partial charge in [-0.3, -0.25) is 19.3 Å². The minimum Gasteiger partial charge on any atom is -0.329 e. The van der Waals surface area contributed by atoms with E-state index < -0.39 is 11.9 Å². The van der Waals surface area contributed by atoms with Crippen LogP contribution >= 0.6 is 0 Å². The second-order valence-corrected chi connectivity index (χ2v) is 5.18. The lowest BCUT2D eigenvalue weighted by Crippen LogP contribution is -2.51. The normalized spacial score (nSPS) is 20.3. The van der Waals surface area contributed by atoms with Gasteiger partial charge in [-0.05, 0) is 31.9 Å². The number of amides is 3. The van der Waals surface area contributed by atoms with E-state index in [4.69, 9.17) is 0 Å². The van der Waals surface area contributed by atoms with Gasteiger partial charge in [0.15, 0.2) is 0 Å². The molecule has 1 fully saturated rings. The number of piperidine rings is 1. The second kappa shape index (κ2) is 6.13. The fourth-order valence-corrected chi connectivity index (χ4v) is 2.66. The lowest BCUT2D eigenvalue weighted by molar-refractivity contribution is -0.125. The van der Waals surface area contributed by atoms with Crippen molar-refractivity contribution in [2.45, 2.75) is 39.7 Å². The summed E-state index contributed by atoms with van der Waals surface area (Å²) in [6.07, 6.45) is 0.998. The standard InChI is InChI=1S/C15H14N2O3.C2H6/c1-8-3-5-10-11(7-8)15(20)17(14(10)19)12-6-4-9(2)16-13(12)18;1-2/h3,5,7,12H,2,4,6H2,1H3,(H,16,18);1-2H3. The van der Waals surface area contributed by atoms with Gasteiger partial charge in [0.25, 0.3) is 11.8 Å². The number of hydrogen-bond acceptors (Lipinski definition) is 3. The third-order valence-corrected chi connectivity index (χ3v) is 3.71. The first kappa shape index (κ1) is 15.9. The highest BCUT2D eigenvalue weighted by atomic mass is 16.2. The maximum Gasteiger partial charge on any atom is 0.262 e. The average Bonchev–Trinajstić information content (AvgIpc) is 2.73. The third kappa shape index (κ3) is 2.54. The largest absolute Gasteiger partial charge is 0.329 e. The van der Waals surface area contributed by atoms with Crippen LogP contribution in [0.3, 0.4) is 0 Å². The number of nitrogens with one attached hydrogen (secondary N) is 1. The van der Waals surface area contributed by atoms with Crippen molar-refractivity contribution in [1.82, 2.24) is 10.2 Å². The molecular weight excluding hydrogens is 280 g/mol. The molecule has 0 bridgehead atoms. The third-order valence-electron chi connectivity index (χ3n) is 3.71. The van der Waals surface area contributed by atoms with Gasteiger partial charge in [-0.25, -0.2) is 0 Å². The van der Waals surface area contributed by atoms with Crippen molar-refractivity contribution in [3.63, 3.8) is 0 Å². The Labute approximate surface area is 130 Å². The highest BCUT2D eigenvalue weighted by molar-refractivity contribution is 6.23. The van der Waals surface area contributed by atoms with E-state index in [-0.39, 0.29) is 11.8 Å². The summed E-state index contributed by atoms with van der Waals surface area (Å²) in [5.74, 6) is -1.12. The van der Waals surface area contributed by atoms with Gasteiger partial charge in [-0.15, -0.1) is 0 Å². The van der Waals surface area contributed by atoms with E-state index >= 15 is 0 Å². The molecule has 3 rings (SSSR count). The summed E-state index contributed by atoms with van der Waals surface area (Å²) in [6, 6.07) is 4.38. The molecular formula is C17H20N2O3. The first-order valence-electron chi connectivity index (χ1n) is 7.46. The predicted octanol–water partition coefficient (Wildman–Crippen LogP) is 2.41. The zero-order valence-electron chi connectivity index (χ0n) is 13.1. The van der Waals surface area contributed by atoms with E-state index in [1.54, 1.807) is 18.2 Å². The van der Waals surface area contributed by atoms with Crippen molar-refractivity contribution in [3.8, 4) is 0 Å². The molecule has 1 saturated heterocycles. The summed E-state index contributed by atoms with van der Waals surface area (Å²) >= 11 is 0. The zero-order chi connectivity index (χ0) is 16.4. The molecule has 0 aliphatic carbocycles. The molecule has 1 N–H and O–H groups in total. The van der Waals surface area contributed by atoms with Crippen LogP contribution in [0.15, 0.2) is 30.5 Å². The van der Waals surface area contributed by atoms with E-state index in [1.807, 2.05) is 20.8 Å². The Bertz CT molecular complexity index is 664. The monoisotopic (exact) mass is 300 g/mol. The van der Waals surface area contributed by atoms with E-state index in [1.165, 1.54) is 0 Å².